The lowest BCUT2D eigenvalue weighted by Crippen LogP contribution is -2.36. The Balaban J connectivity index is 2.84. The van der Waals surface area contributed by atoms with E-state index in [0.29, 0.717) is 19.5 Å². The number of hydrogen-bond acceptors (Lipinski definition) is 6. The Morgan fingerprint density at radius 3 is 2.14 bits per heavy atom. The van der Waals surface area contributed by atoms with Crippen LogP contribution < -0.4 is 0 Å². The van der Waals surface area contributed by atoms with Gasteiger partial charge in [-0.05, 0) is 26.0 Å². The maximum atomic E-state index is 12.5. The third-order valence-electron chi connectivity index (χ3n) is 2.69. The van der Waals surface area contributed by atoms with E-state index in [2.05, 4.69) is 0 Å². The molecular formula is C13H21NO6S. The second-order valence-corrected chi connectivity index (χ2v) is 5.94. The molecule has 8 heteroatoms. The first-order valence-corrected chi connectivity index (χ1v) is 8.20. The van der Waals surface area contributed by atoms with Gasteiger partial charge in [0.05, 0.1) is 13.2 Å². The van der Waals surface area contributed by atoms with Crippen molar-refractivity contribution in [1.29, 1.82) is 0 Å². The van der Waals surface area contributed by atoms with E-state index in [1.807, 2.05) is 13.8 Å². The standard InChI is InChI=1S/C13H21NO6S/c1-3-18-9-7-14(8-10-19-4-2)21(16,17)13-6-5-12(11-15)20-13/h5-6,11H,3-4,7-10H2,1-2H3. The fraction of sp³-hybridized carbons (Fsp3) is 0.615. The van der Waals surface area contributed by atoms with Crippen LogP contribution in [-0.2, 0) is 19.5 Å². The molecule has 1 aromatic rings. The molecule has 1 heterocycles. The molecule has 1 aromatic heterocycles. The highest BCUT2D eigenvalue weighted by atomic mass is 32.2. The van der Waals surface area contributed by atoms with E-state index in [9.17, 15) is 13.2 Å². The molecule has 21 heavy (non-hydrogen) atoms. The molecule has 0 saturated carbocycles. The minimum absolute atomic E-state index is 0.0249. The van der Waals surface area contributed by atoms with Crippen LogP contribution in [0, 0.1) is 0 Å². The molecule has 0 radical (unpaired) electrons. The van der Waals surface area contributed by atoms with E-state index in [1.165, 1.54) is 16.4 Å². The van der Waals surface area contributed by atoms with Gasteiger partial charge in [0.15, 0.2) is 12.0 Å². The van der Waals surface area contributed by atoms with Gasteiger partial charge < -0.3 is 13.9 Å². The van der Waals surface area contributed by atoms with Gasteiger partial charge in [0.1, 0.15) is 0 Å². The van der Waals surface area contributed by atoms with Gasteiger partial charge in [-0.15, -0.1) is 0 Å². The molecule has 0 atom stereocenters. The first-order valence-electron chi connectivity index (χ1n) is 6.76. The predicted molar refractivity (Wildman–Crippen MR) is 75.8 cm³/mol. The number of aldehydes is 1. The van der Waals surface area contributed by atoms with E-state index in [1.54, 1.807) is 0 Å². The molecule has 0 aliphatic carbocycles. The van der Waals surface area contributed by atoms with Gasteiger partial charge in [0.2, 0.25) is 5.09 Å². The first-order chi connectivity index (χ1) is 10.1. The molecule has 0 aliphatic heterocycles. The summed E-state index contributed by atoms with van der Waals surface area (Å²) in [5, 5.41) is -0.252. The Hall–Kier alpha value is -1.22. The summed E-state index contributed by atoms with van der Waals surface area (Å²) in [6.07, 6.45) is 0.462. The molecule has 120 valence electrons. The van der Waals surface area contributed by atoms with Crippen LogP contribution in [0.2, 0.25) is 0 Å². The van der Waals surface area contributed by atoms with Gasteiger partial charge in [-0.1, -0.05) is 0 Å². The van der Waals surface area contributed by atoms with E-state index in [0.717, 1.165) is 0 Å². The topological polar surface area (TPSA) is 86.0 Å². The molecule has 0 aromatic carbocycles. The van der Waals surface area contributed by atoms with Crippen molar-refractivity contribution in [2.45, 2.75) is 18.9 Å². The summed E-state index contributed by atoms with van der Waals surface area (Å²) in [6, 6.07) is 2.59. The average molecular weight is 319 g/mol. The molecule has 1 rings (SSSR count). The number of sulfonamides is 1. The maximum Gasteiger partial charge on any atom is 0.276 e. The molecule has 0 fully saturated rings. The Labute approximate surface area is 124 Å². The Kier molecular flexibility index (Phi) is 7.58. The van der Waals surface area contributed by atoms with Crippen LogP contribution in [0.1, 0.15) is 24.4 Å². The molecule has 0 aliphatic rings. The average Bonchev–Trinajstić information content (AvgIpc) is 2.95. The largest absolute Gasteiger partial charge is 0.440 e. The zero-order chi connectivity index (χ0) is 15.7. The monoisotopic (exact) mass is 319 g/mol. The number of carbonyl (C=O) groups excluding carboxylic acids is 1. The minimum Gasteiger partial charge on any atom is -0.440 e. The molecular weight excluding hydrogens is 298 g/mol. The van der Waals surface area contributed by atoms with Crippen LogP contribution in [0.3, 0.4) is 0 Å². The fourth-order valence-electron chi connectivity index (χ4n) is 1.64. The molecule has 0 unspecified atom stereocenters. The summed E-state index contributed by atoms with van der Waals surface area (Å²) in [5.74, 6) is -0.0249. The Morgan fingerprint density at radius 2 is 1.71 bits per heavy atom. The minimum atomic E-state index is -3.80. The second kappa shape index (κ2) is 8.93. The quantitative estimate of drug-likeness (QED) is 0.449. The summed E-state index contributed by atoms with van der Waals surface area (Å²) in [5.41, 5.74) is 0. The third-order valence-corrected chi connectivity index (χ3v) is 4.46. The molecule has 0 saturated heterocycles. The van der Waals surface area contributed by atoms with Crippen LogP contribution >= 0.6 is 0 Å². The third kappa shape index (κ3) is 5.24. The van der Waals surface area contributed by atoms with Gasteiger partial charge in [0.25, 0.3) is 10.0 Å². The van der Waals surface area contributed by atoms with Gasteiger partial charge in [-0.2, -0.15) is 4.31 Å². The van der Waals surface area contributed by atoms with Crippen LogP contribution in [-0.4, -0.2) is 58.5 Å². The van der Waals surface area contributed by atoms with Crippen LogP contribution in [0.4, 0.5) is 0 Å². The molecule has 0 N–H and O–H groups in total. The van der Waals surface area contributed by atoms with Crippen LogP contribution in [0.5, 0.6) is 0 Å². The number of hydrogen-bond donors (Lipinski definition) is 0. The van der Waals surface area contributed by atoms with Gasteiger partial charge in [-0.3, -0.25) is 4.79 Å². The van der Waals surface area contributed by atoms with E-state index in [-0.39, 0.29) is 37.2 Å². The molecule has 7 nitrogen and oxygen atoms in total. The lowest BCUT2D eigenvalue weighted by Gasteiger charge is -2.20. The van der Waals surface area contributed by atoms with Gasteiger partial charge >= 0.3 is 0 Å². The second-order valence-electron chi connectivity index (χ2n) is 4.07. The number of furan rings is 1. The molecule has 0 spiro atoms. The van der Waals surface area contributed by atoms with Crippen molar-refractivity contribution in [1.82, 2.24) is 4.31 Å². The van der Waals surface area contributed by atoms with Crippen molar-refractivity contribution in [3.8, 4) is 0 Å². The Bertz CT molecular complexity index is 515. The lowest BCUT2D eigenvalue weighted by molar-refractivity contribution is 0.108. The molecule has 0 amide bonds. The molecule has 0 bridgehead atoms. The number of carbonyl (C=O) groups is 1. The first kappa shape index (κ1) is 17.8. The maximum absolute atomic E-state index is 12.5. The summed E-state index contributed by atoms with van der Waals surface area (Å²) in [4.78, 5) is 10.6. The number of ether oxygens (including phenoxy) is 2. The van der Waals surface area contributed by atoms with Crippen molar-refractivity contribution >= 4 is 16.3 Å². The van der Waals surface area contributed by atoms with Gasteiger partial charge in [-0.25, -0.2) is 8.42 Å². The highest BCUT2D eigenvalue weighted by molar-refractivity contribution is 7.89. The van der Waals surface area contributed by atoms with E-state index < -0.39 is 10.0 Å². The summed E-state index contributed by atoms with van der Waals surface area (Å²) < 4.78 is 41.5. The van der Waals surface area contributed by atoms with Crippen molar-refractivity contribution in [2.24, 2.45) is 0 Å². The van der Waals surface area contributed by atoms with Crippen LogP contribution in [0.25, 0.3) is 0 Å². The number of rotatable bonds is 11. The van der Waals surface area contributed by atoms with Crippen molar-refractivity contribution < 1.29 is 27.1 Å². The smallest absolute Gasteiger partial charge is 0.276 e. The summed E-state index contributed by atoms with van der Waals surface area (Å²) in [6.45, 7) is 5.64. The SMILES string of the molecule is CCOCCN(CCOCC)S(=O)(=O)c1ccc(C=O)o1. The van der Waals surface area contributed by atoms with E-state index >= 15 is 0 Å². The van der Waals surface area contributed by atoms with E-state index in [4.69, 9.17) is 13.9 Å². The normalized spacial score (nSPS) is 12.0. The summed E-state index contributed by atoms with van der Waals surface area (Å²) >= 11 is 0. The van der Waals surface area contributed by atoms with Crippen molar-refractivity contribution in [3.63, 3.8) is 0 Å². The lowest BCUT2D eigenvalue weighted by atomic mass is 10.5. The number of nitrogens with zero attached hydrogens (tertiary/aromatic N) is 1. The fourth-order valence-corrected chi connectivity index (χ4v) is 2.96. The van der Waals surface area contributed by atoms with Crippen molar-refractivity contribution in [2.75, 3.05) is 39.5 Å². The van der Waals surface area contributed by atoms with Crippen LogP contribution in [0.15, 0.2) is 21.6 Å². The zero-order valence-corrected chi connectivity index (χ0v) is 13.1. The predicted octanol–water partition coefficient (Wildman–Crippen LogP) is 1.16. The van der Waals surface area contributed by atoms with Crippen molar-refractivity contribution in [3.05, 3.63) is 17.9 Å². The highest BCUT2D eigenvalue weighted by Gasteiger charge is 2.27. The zero-order valence-electron chi connectivity index (χ0n) is 12.3. The summed E-state index contributed by atoms with van der Waals surface area (Å²) in [7, 11) is -3.80. The highest BCUT2D eigenvalue weighted by Crippen LogP contribution is 2.18. The Morgan fingerprint density at radius 1 is 1.14 bits per heavy atom. The van der Waals surface area contributed by atoms with Gasteiger partial charge in [0, 0.05) is 26.3 Å².